The lowest BCUT2D eigenvalue weighted by Gasteiger charge is -2.31. The van der Waals surface area contributed by atoms with E-state index in [2.05, 4.69) is 97.1 Å². The Kier molecular flexibility index (Phi) is 3.08. The van der Waals surface area contributed by atoms with E-state index in [0.717, 1.165) is 5.02 Å². The summed E-state index contributed by atoms with van der Waals surface area (Å²) in [4.78, 5) is 0. The lowest BCUT2D eigenvalue weighted by Crippen LogP contribution is -2.26. The molecule has 0 nitrogen and oxygen atoms in total. The van der Waals surface area contributed by atoms with Crippen molar-refractivity contribution in [2.75, 3.05) is 0 Å². The lowest BCUT2D eigenvalue weighted by atomic mass is 9.69. The first kappa shape index (κ1) is 16.4. The van der Waals surface area contributed by atoms with Gasteiger partial charge < -0.3 is 0 Å². The zero-order chi connectivity index (χ0) is 19.9. The molecule has 0 heterocycles. The first-order valence-corrected chi connectivity index (χ1v) is 10.7. The summed E-state index contributed by atoms with van der Waals surface area (Å²) in [6, 6.07) is 37.4. The normalized spacial score (nSPS) is 14.4. The number of hydrogen-bond donors (Lipinski definition) is 0. The van der Waals surface area contributed by atoms with Crippen LogP contribution in [0.2, 0.25) is 5.02 Å². The average molecular weight is 401 g/mol. The van der Waals surface area contributed by atoms with Gasteiger partial charge in [0.1, 0.15) is 0 Å². The quantitative estimate of drug-likeness (QED) is 0.243. The van der Waals surface area contributed by atoms with E-state index in [-0.39, 0.29) is 5.41 Å². The van der Waals surface area contributed by atoms with Crippen LogP contribution in [-0.4, -0.2) is 0 Å². The molecular weight excluding hydrogens is 384 g/mol. The molecule has 0 N–H and O–H groups in total. The maximum atomic E-state index is 6.86. The fourth-order valence-electron chi connectivity index (χ4n) is 5.92. The molecule has 0 amide bonds. The summed E-state index contributed by atoms with van der Waals surface area (Å²) in [5.41, 5.74) is 10.1. The van der Waals surface area contributed by atoms with Crippen LogP contribution in [0.3, 0.4) is 0 Å². The molecule has 1 spiro atoms. The third-order valence-electron chi connectivity index (χ3n) is 6.94. The summed E-state index contributed by atoms with van der Waals surface area (Å²) in [5.74, 6) is 0. The maximum Gasteiger partial charge on any atom is 0.0732 e. The second-order valence-corrected chi connectivity index (χ2v) is 8.62. The number of halogens is 1. The summed E-state index contributed by atoms with van der Waals surface area (Å²) in [5, 5.41) is 3.39. The first-order valence-electron chi connectivity index (χ1n) is 10.3. The molecule has 0 atom stereocenters. The van der Waals surface area contributed by atoms with Crippen LogP contribution in [0.25, 0.3) is 33.0 Å². The Labute approximate surface area is 180 Å². The molecule has 0 saturated heterocycles. The molecule has 5 aromatic carbocycles. The Morgan fingerprint density at radius 1 is 0.500 bits per heavy atom. The molecule has 0 unspecified atom stereocenters. The molecule has 0 radical (unpaired) electrons. The average Bonchev–Trinajstić information content (AvgIpc) is 3.27. The van der Waals surface area contributed by atoms with Gasteiger partial charge in [-0.15, -0.1) is 0 Å². The van der Waals surface area contributed by atoms with Crippen LogP contribution in [0.1, 0.15) is 22.3 Å². The second kappa shape index (κ2) is 5.62. The number of hydrogen-bond acceptors (Lipinski definition) is 0. The van der Waals surface area contributed by atoms with Crippen molar-refractivity contribution in [1.29, 1.82) is 0 Å². The third kappa shape index (κ3) is 1.75. The largest absolute Gasteiger partial charge is 0.0837 e. The van der Waals surface area contributed by atoms with E-state index in [4.69, 9.17) is 11.6 Å². The van der Waals surface area contributed by atoms with Crippen LogP contribution in [0.15, 0.2) is 103 Å². The summed E-state index contributed by atoms with van der Waals surface area (Å²) in [6.07, 6.45) is 0. The Balaban J connectivity index is 1.80. The van der Waals surface area contributed by atoms with Crippen molar-refractivity contribution in [3.05, 3.63) is 130 Å². The Bertz CT molecular complexity index is 1460. The second-order valence-electron chi connectivity index (χ2n) is 8.21. The molecule has 0 bridgehead atoms. The van der Waals surface area contributed by atoms with Crippen molar-refractivity contribution in [1.82, 2.24) is 0 Å². The maximum absolute atomic E-state index is 6.86. The topological polar surface area (TPSA) is 0 Å². The number of benzene rings is 5. The minimum absolute atomic E-state index is 0.344. The Morgan fingerprint density at radius 3 is 1.90 bits per heavy atom. The van der Waals surface area contributed by atoms with Crippen molar-refractivity contribution >= 4 is 22.4 Å². The van der Waals surface area contributed by atoms with Gasteiger partial charge in [-0.1, -0.05) is 109 Å². The Morgan fingerprint density at radius 2 is 1.13 bits per heavy atom. The highest BCUT2D eigenvalue weighted by atomic mass is 35.5. The van der Waals surface area contributed by atoms with Gasteiger partial charge in [0.05, 0.1) is 5.41 Å². The molecule has 2 aliphatic carbocycles. The Hall–Kier alpha value is -3.35. The molecule has 0 fully saturated rings. The minimum Gasteiger partial charge on any atom is -0.0837 e. The monoisotopic (exact) mass is 400 g/mol. The predicted octanol–water partition coefficient (Wildman–Crippen LogP) is 7.84. The van der Waals surface area contributed by atoms with Gasteiger partial charge in [-0.05, 0) is 55.8 Å². The minimum atomic E-state index is -0.344. The lowest BCUT2D eigenvalue weighted by molar-refractivity contribution is 0.801. The van der Waals surface area contributed by atoms with Gasteiger partial charge in [0.15, 0.2) is 0 Å². The van der Waals surface area contributed by atoms with Gasteiger partial charge in [-0.3, -0.25) is 0 Å². The molecule has 7 rings (SSSR count). The molecule has 140 valence electrons. The standard InChI is InChI=1S/C29H17Cl/c30-26-15-7-14-25-27(26)22-17-16-18-8-1-2-9-19(18)28(22)29(25)23-12-5-3-10-20(23)21-11-4-6-13-24(21)29/h1-17H. The molecule has 2 aliphatic rings. The highest BCUT2D eigenvalue weighted by Gasteiger charge is 2.52. The van der Waals surface area contributed by atoms with E-state index in [1.165, 1.54) is 55.3 Å². The van der Waals surface area contributed by atoms with Gasteiger partial charge in [0, 0.05) is 10.6 Å². The van der Waals surface area contributed by atoms with Gasteiger partial charge in [-0.25, -0.2) is 0 Å². The number of fused-ring (bicyclic) bond motifs is 12. The summed E-state index contributed by atoms with van der Waals surface area (Å²) >= 11 is 6.86. The van der Waals surface area contributed by atoms with Crippen molar-refractivity contribution in [3.8, 4) is 22.3 Å². The van der Waals surface area contributed by atoms with Crippen molar-refractivity contribution in [2.24, 2.45) is 0 Å². The van der Waals surface area contributed by atoms with E-state index in [9.17, 15) is 0 Å². The van der Waals surface area contributed by atoms with Crippen LogP contribution < -0.4 is 0 Å². The summed E-state index contributed by atoms with van der Waals surface area (Å²) in [6.45, 7) is 0. The van der Waals surface area contributed by atoms with E-state index in [1.54, 1.807) is 0 Å². The van der Waals surface area contributed by atoms with Crippen molar-refractivity contribution in [2.45, 2.75) is 5.41 Å². The fraction of sp³-hybridized carbons (Fsp3) is 0.0345. The fourth-order valence-corrected chi connectivity index (χ4v) is 6.20. The highest BCUT2D eigenvalue weighted by molar-refractivity contribution is 6.34. The third-order valence-corrected chi connectivity index (χ3v) is 7.26. The van der Waals surface area contributed by atoms with E-state index in [0.29, 0.717) is 0 Å². The van der Waals surface area contributed by atoms with Gasteiger partial charge in [-0.2, -0.15) is 0 Å². The number of rotatable bonds is 0. The van der Waals surface area contributed by atoms with Gasteiger partial charge >= 0.3 is 0 Å². The van der Waals surface area contributed by atoms with Crippen LogP contribution in [-0.2, 0) is 5.41 Å². The predicted molar refractivity (Wildman–Crippen MR) is 125 cm³/mol. The van der Waals surface area contributed by atoms with Crippen LogP contribution in [0.5, 0.6) is 0 Å². The van der Waals surface area contributed by atoms with E-state index in [1.807, 2.05) is 6.07 Å². The van der Waals surface area contributed by atoms with Gasteiger partial charge in [0.25, 0.3) is 0 Å². The highest BCUT2D eigenvalue weighted by Crippen LogP contribution is 2.64. The van der Waals surface area contributed by atoms with Crippen LogP contribution in [0.4, 0.5) is 0 Å². The smallest absolute Gasteiger partial charge is 0.0732 e. The van der Waals surface area contributed by atoms with Gasteiger partial charge in [0.2, 0.25) is 0 Å². The molecule has 30 heavy (non-hydrogen) atoms. The van der Waals surface area contributed by atoms with Crippen molar-refractivity contribution in [3.63, 3.8) is 0 Å². The summed E-state index contributed by atoms with van der Waals surface area (Å²) < 4.78 is 0. The first-order chi connectivity index (χ1) is 14.8. The molecule has 1 heteroatoms. The molecular formula is C29H17Cl. The van der Waals surface area contributed by atoms with Crippen molar-refractivity contribution < 1.29 is 0 Å². The summed E-state index contributed by atoms with van der Waals surface area (Å²) in [7, 11) is 0. The molecule has 0 aromatic heterocycles. The zero-order valence-electron chi connectivity index (χ0n) is 16.2. The molecule has 5 aromatic rings. The molecule has 0 aliphatic heterocycles. The zero-order valence-corrected chi connectivity index (χ0v) is 16.9. The van der Waals surface area contributed by atoms with Crippen LogP contribution in [0, 0.1) is 0 Å². The van der Waals surface area contributed by atoms with Crippen LogP contribution >= 0.6 is 11.6 Å². The van der Waals surface area contributed by atoms with E-state index < -0.39 is 0 Å². The van der Waals surface area contributed by atoms with E-state index >= 15 is 0 Å². The SMILES string of the molecule is Clc1cccc2c1-c1ccc3ccccc3c1C21c2ccccc2-c2ccccc21. The molecule has 0 saturated carbocycles.